The van der Waals surface area contributed by atoms with Gasteiger partial charge in [-0.15, -0.1) is 10.2 Å². The Hall–Kier alpha value is -2.17. The third-order valence-corrected chi connectivity index (χ3v) is 4.88. The smallest absolute Gasteiger partial charge is 0.251 e. The fourth-order valence-electron chi connectivity index (χ4n) is 3.90. The van der Waals surface area contributed by atoms with Gasteiger partial charge in [0, 0.05) is 19.2 Å². The predicted octanol–water partition coefficient (Wildman–Crippen LogP) is 1.77. The first kappa shape index (κ1) is 12.6. The van der Waals surface area contributed by atoms with E-state index in [0.29, 0.717) is 12.5 Å². The largest absolute Gasteiger partial charge is 0.348 e. The topological polar surface area (TPSA) is 59.8 Å². The number of fused-ring (bicyclic) bond motifs is 1. The van der Waals surface area contributed by atoms with E-state index in [1.165, 1.54) is 5.56 Å². The van der Waals surface area contributed by atoms with Crippen LogP contribution in [0.2, 0.25) is 0 Å². The molecule has 0 spiro atoms. The molecule has 2 heterocycles. The summed E-state index contributed by atoms with van der Waals surface area (Å²) in [6, 6.07) is 6.28. The van der Waals surface area contributed by atoms with Crippen LogP contribution in [0.3, 0.4) is 0 Å². The first-order valence-electron chi connectivity index (χ1n) is 7.36. The monoisotopic (exact) mass is 282 g/mol. The average molecular weight is 282 g/mol. The molecular formula is C16H18N4O. The van der Waals surface area contributed by atoms with Crippen LogP contribution in [-0.2, 0) is 19.0 Å². The van der Waals surface area contributed by atoms with Gasteiger partial charge < -0.3 is 9.88 Å². The molecule has 0 saturated heterocycles. The van der Waals surface area contributed by atoms with Crippen molar-refractivity contribution in [3.8, 4) is 0 Å². The minimum atomic E-state index is -0.0947. The molecule has 1 saturated carbocycles. The SMILES string of the molecule is CC1CC(c2ccc3c(c2)C(=O)NC3)(c2nncn2C)C1. The van der Waals surface area contributed by atoms with Crippen LogP contribution in [0.5, 0.6) is 0 Å². The summed E-state index contributed by atoms with van der Waals surface area (Å²) in [5.74, 6) is 1.70. The van der Waals surface area contributed by atoms with Gasteiger partial charge in [0.15, 0.2) is 0 Å². The minimum Gasteiger partial charge on any atom is -0.348 e. The third kappa shape index (κ3) is 1.66. The first-order valence-corrected chi connectivity index (χ1v) is 7.36. The zero-order chi connectivity index (χ0) is 14.6. The van der Waals surface area contributed by atoms with Crippen molar-refractivity contribution in [2.45, 2.75) is 31.7 Å². The zero-order valence-corrected chi connectivity index (χ0v) is 12.3. The summed E-state index contributed by atoms with van der Waals surface area (Å²) in [5, 5.41) is 11.3. The lowest BCUT2D eigenvalue weighted by Crippen LogP contribution is -2.43. The molecule has 1 aromatic carbocycles. The molecule has 0 unspecified atom stereocenters. The molecule has 1 N–H and O–H groups in total. The van der Waals surface area contributed by atoms with E-state index >= 15 is 0 Å². The van der Waals surface area contributed by atoms with E-state index in [9.17, 15) is 4.79 Å². The molecule has 2 aromatic rings. The van der Waals surface area contributed by atoms with Crippen molar-refractivity contribution in [2.24, 2.45) is 13.0 Å². The lowest BCUT2D eigenvalue weighted by atomic mass is 9.58. The number of nitrogens with zero attached hydrogens (tertiary/aromatic N) is 3. The number of aromatic nitrogens is 3. The van der Waals surface area contributed by atoms with E-state index in [4.69, 9.17) is 0 Å². The summed E-state index contributed by atoms with van der Waals surface area (Å²) in [6.07, 6.45) is 3.86. The lowest BCUT2D eigenvalue weighted by Gasteiger charge is -2.46. The number of hydrogen-bond acceptors (Lipinski definition) is 3. The molecule has 1 fully saturated rings. The van der Waals surface area contributed by atoms with Gasteiger partial charge in [-0.3, -0.25) is 4.79 Å². The van der Waals surface area contributed by atoms with E-state index in [1.54, 1.807) is 6.33 Å². The van der Waals surface area contributed by atoms with E-state index in [2.05, 4.69) is 40.6 Å². The second-order valence-electron chi connectivity index (χ2n) is 6.42. The Morgan fingerprint density at radius 3 is 2.86 bits per heavy atom. The molecule has 0 bridgehead atoms. The number of carbonyl (C=O) groups excluding carboxylic acids is 1. The van der Waals surface area contributed by atoms with Crippen LogP contribution in [0.25, 0.3) is 0 Å². The molecule has 1 aliphatic carbocycles. The number of benzene rings is 1. The van der Waals surface area contributed by atoms with Gasteiger partial charge in [-0.1, -0.05) is 19.1 Å². The highest BCUT2D eigenvalue weighted by molar-refractivity contribution is 5.98. The average Bonchev–Trinajstić information content (AvgIpc) is 3.02. The van der Waals surface area contributed by atoms with Crippen molar-refractivity contribution in [1.82, 2.24) is 20.1 Å². The van der Waals surface area contributed by atoms with Crippen molar-refractivity contribution in [2.75, 3.05) is 0 Å². The molecule has 5 nitrogen and oxygen atoms in total. The summed E-state index contributed by atoms with van der Waals surface area (Å²) in [7, 11) is 1.99. The predicted molar refractivity (Wildman–Crippen MR) is 77.8 cm³/mol. The second-order valence-corrected chi connectivity index (χ2v) is 6.42. The standard InChI is InChI=1S/C16H18N4O/c1-10-6-16(7-10,15-19-18-9-20(15)2)12-4-3-11-8-17-14(21)13(11)5-12/h3-5,9-10H,6-8H2,1-2H3,(H,17,21). The number of carbonyl (C=O) groups is 1. The summed E-state index contributed by atoms with van der Waals surface area (Å²) >= 11 is 0. The molecule has 0 radical (unpaired) electrons. The van der Waals surface area contributed by atoms with Crippen LogP contribution in [0.15, 0.2) is 24.5 Å². The summed E-state index contributed by atoms with van der Waals surface area (Å²) in [6.45, 7) is 2.90. The van der Waals surface area contributed by atoms with Crippen molar-refractivity contribution in [1.29, 1.82) is 0 Å². The molecule has 108 valence electrons. The molecule has 21 heavy (non-hydrogen) atoms. The highest BCUT2D eigenvalue weighted by Crippen LogP contribution is 2.51. The van der Waals surface area contributed by atoms with Gasteiger partial charge >= 0.3 is 0 Å². The van der Waals surface area contributed by atoms with Crippen molar-refractivity contribution in [3.63, 3.8) is 0 Å². The molecule has 1 aliphatic heterocycles. The molecule has 5 heteroatoms. The van der Waals surface area contributed by atoms with Crippen LogP contribution in [0, 0.1) is 5.92 Å². The van der Waals surface area contributed by atoms with Crippen LogP contribution < -0.4 is 5.32 Å². The highest BCUT2D eigenvalue weighted by Gasteiger charge is 2.48. The van der Waals surface area contributed by atoms with Gasteiger partial charge in [-0.25, -0.2) is 0 Å². The third-order valence-electron chi connectivity index (χ3n) is 4.88. The minimum absolute atomic E-state index is 0.0346. The Morgan fingerprint density at radius 2 is 2.19 bits per heavy atom. The Morgan fingerprint density at radius 1 is 1.38 bits per heavy atom. The van der Waals surface area contributed by atoms with E-state index in [-0.39, 0.29) is 11.3 Å². The zero-order valence-electron chi connectivity index (χ0n) is 12.3. The maximum atomic E-state index is 11.9. The van der Waals surface area contributed by atoms with E-state index in [1.807, 2.05) is 11.6 Å². The Bertz CT molecular complexity index is 728. The van der Waals surface area contributed by atoms with Gasteiger partial charge in [-0.05, 0) is 36.0 Å². The van der Waals surface area contributed by atoms with Crippen LogP contribution in [-0.4, -0.2) is 20.7 Å². The number of aryl methyl sites for hydroxylation is 1. The summed E-state index contributed by atoms with van der Waals surface area (Å²) in [5.41, 5.74) is 2.99. The van der Waals surface area contributed by atoms with Crippen molar-refractivity contribution < 1.29 is 4.79 Å². The highest BCUT2D eigenvalue weighted by atomic mass is 16.1. The quantitative estimate of drug-likeness (QED) is 0.913. The Labute approximate surface area is 123 Å². The molecule has 4 rings (SSSR count). The molecule has 1 aromatic heterocycles. The molecule has 1 amide bonds. The van der Waals surface area contributed by atoms with Crippen LogP contribution >= 0.6 is 0 Å². The maximum Gasteiger partial charge on any atom is 0.251 e. The van der Waals surface area contributed by atoms with Gasteiger partial charge in [-0.2, -0.15) is 0 Å². The number of amides is 1. The van der Waals surface area contributed by atoms with Gasteiger partial charge in [0.2, 0.25) is 0 Å². The molecular weight excluding hydrogens is 264 g/mol. The maximum absolute atomic E-state index is 11.9. The first-order chi connectivity index (χ1) is 10.1. The number of rotatable bonds is 2. The van der Waals surface area contributed by atoms with Crippen LogP contribution in [0.4, 0.5) is 0 Å². The normalized spacial score (nSPS) is 27.1. The summed E-state index contributed by atoms with van der Waals surface area (Å²) in [4.78, 5) is 11.9. The van der Waals surface area contributed by atoms with Gasteiger partial charge in [0.05, 0.1) is 5.41 Å². The van der Waals surface area contributed by atoms with Crippen LogP contribution in [0.1, 0.15) is 47.1 Å². The number of hydrogen-bond donors (Lipinski definition) is 1. The van der Waals surface area contributed by atoms with Gasteiger partial charge in [0.25, 0.3) is 5.91 Å². The number of nitrogens with one attached hydrogen (secondary N) is 1. The molecule has 0 atom stereocenters. The summed E-state index contributed by atoms with van der Waals surface area (Å²) < 4.78 is 2.00. The lowest BCUT2D eigenvalue weighted by molar-refractivity contribution is 0.0965. The van der Waals surface area contributed by atoms with E-state index in [0.717, 1.165) is 29.8 Å². The fourth-order valence-corrected chi connectivity index (χ4v) is 3.90. The van der Waals surface area contributed by atoms with Crippen molar-refractivity contribution >= 4 is 5.91 Å². The van der Waals surface area contributed by atoms with E-state index < -0.39 is 0 Å². The Balaban J connectivity index is 1.85. The van der Waals surface area contributed by atoms with Gasteiger partial charge in [0.1, 0.15) is 12.2 Å². The fraction of sp³-hybridized carbons (Fsp3) is 0.438. The Kier molecular flexibility index (Phi) is 2.49. The van der Waals surface area contributed by atoms with Crippen molar-refractivity contribution in [3.05, 3.63) is 47.0 Å². The second kappa shape index (κ2) is 4.16. The molecule has 2 aliphatic rings.